The molecule has 2 N–H and O–H groups in total. The second-order valence-electron chi connectivity index (χ2n) is 17.9. The van der Waals surface area contributed by atoms with Crippen molar-refractivity contribution in [1.82, 2.24) is 15.2 Å². The van der Waals surface area contributed by atoms with Gasteiger partial charge in [0, 0.05) is 23.0 Å². The van der Waals surface area contributed by atoms with Gasteiger partial charge in [-0.1, -0.05) is 169 Å². The smallest absolute Gasteiger partial charge is 0.356 e. The van der Waals surface area contributed by atoms with E-state index in [1.165, 1.54) is 48.8 Å². The number of thioether (sulfide) groups is 2. The summed E-state index contributed by atoms with van der Waals surface area (Å²) in [6, 6.07) is 47.1. The summed E-state index contributed by atoms with van der Waals surface area (Å²) >= 11 is 3.36. The van der Waals surface area contributed by atoms with Gasteiger partial charge in [0.15, 0.2) is 22.1 Å². The summed E-state index contributed by atoms with van der Waals surface area (Å²) in [5.41, 5.74) is 0.422. The number of ether oxygens (including phenoxy) is 2. The molecule has 0 aliphatic carbocycles. The SMILES string of the molecule is CC(=O)SC1=C(C(=O)OC(c2ccccc2)c2ccccc2)N2C(=O)C(NC(=O)C(=NOC(C)(C)C(=O)OC(C)(C)C)c3csc(NC(c4ccccc4)(c4ccccc4)c4ccccc4)n3)[C@@H]2SC1. The normalized spacial score (nSPS) is 16.2. The van der Waals surface area contributed by atoms with E-state index in [0.29, 0.717) is 21.2 Å². The van der Waals surface area contributed by atoms with Gasteiger partial charge in [0.1, 0.15) is 33.9 Å². The van der Waals surface area contributed by atoms with Gasteiger partial charge in [-0.2, -0.15) is 0 Å². The number of β-lactam (4-membered cyclic amide) rings is 1. The molecular weight excluding hydrogens is 943 g/mol. The minimum atomic E-state index is -1.66. The Bertz CT molecular complexity index is 2790. The number of nitrogens with zero attached hydrogens (tertiary/aromatic N) is 3. The predicted octanol–water partition coefficient (Wildman–Crippen LogP) is 9.61. The van der Waals surface area contributed by atoms with Gasteiger partial charge in [0.05, 0.1) is 0 Å². The molecule has 2 aliphatic rings. The average Bonchev–Trinajstić information content (AvgIpc) is 3.82. The number of thiazole rings is 1. The van der Waals surface area contributed by atoms with Crippen LogP contribution in [0.3, 0.4) is 0 Å². The van der Waals surface area contributed by atoms with Crippen LogP contribution in [0.4, 0.5) is 5.13 Å². The third-order valence-corrected chi connectivity index (χ3v) is 14.3. The monoisotopic (exact) mass is 993 g/mol. The van der Waals surface area contributed by atoms with E-state index in [2.05, 4.69) is 15.8 Å². The highest BCUT2D eigenvalue weighted by Gasteiger charge is 2.55. The maximum absolute atomic E-state index is 14.7. The minimum absolute atomic E-state index is 0.0680. The third kappa shape index (κ3) is 10.7. The Labute approximate surface area is 419 Å². The summed E-state index contributed by atoms with van der Waals surface area (Å²) in [4.78, 5) is 81.8. The molecule has 0 radical (unpaired) electrons. The number of hydrogen-bond donors (Lipinski definition) is 2. The Hall–Kier alpha value is -7.01. The zero-order chi connectivity index (χ0) is 49.6. The summed E-state index contributed by atoms with van der Waals surface area (Å²) in [6.07, 6.45) is -0.828. The summed E-state index contributed by atoms with van der Waals surface area (Å²) in [7, 11) is 0. The summed E-state index contributed by atoms with van der Waals surface area (Å²) < 4.78 is 11.8. The zero-order valence-electron chi connectivity index (χ0n) is 39.3. The Balaban J connectivity index is 1.12. The predicted molar refractivity (Wildman–Crippen MR) is 274 cm³/mol. The van der Waals surface area contributed by atoms with E-state index >= 15 is 0 Å². The maximum atomic E-state index is 14.7. The molecule has 13 nitrogen and oxygen atoms in total. The number of hydrogen-bond acceptors (Lipinski definition) is 14. The number of fused-ring (bicyclic) bond motifs is 1. The van der Waals surface area contributed by atoms with Crippen molar-refractivity contribution in [2.75, 3.05) is 11.1 Å². The van der Waals surface area contributed by atoms with Gasteiger partial charge in [-0.3, -0.25) is 19.3 Å². The lowest BCUT2D eigenvalue weighted by Crippen LogP contribution is -2.71. The molecule has 6 aromatic rings. The standard InChI is InChI=1S/C54H51N5O8S3/c1-34(60)70-41-33-68-48-43(47(62)59(48)44(41)49(63)65-45(35-22-12-7-13-23-35)36-24-14-8-15-25-36)56-46(61)42(58-67-53(5,6)50(64)66-52(2,3)4)40-32-69-51(55-40)57-54(37-26-16-9-17-27-37,38-28-18-10-19-29-38)39-30-20-11-21-31-39/h7-32,43,45,48H,33H2,1-6H3,(H,55,57)(H,56,61)/t43?,48-/m0/s1. The van der Waals surface area contributed by atoms with Gasteiger partial charge >= 0.3 is 11.9 Å². The molecule has 5 aromatic carbocycles. The number of rotatable bonds is 16. The lowest BCUT2D eigenvalue weighted by atomic mass is 9.77. The van der Waals surface area contributed by atoms with E-state index in [0.717, 1.165) is 28.5 Å². The van der Waals surface area contributed by atoms with Gasteiger partial charge in [0.2, 0.25) is 5.60 Å². The van der Waals surface area contributed by atoms with E-state index in [9.17, 15) is 24.0 Å². The highest BCUT2D eigenvalue weighted by atomic mass is 32.2. The first-order chi connectivity index (χ1) is 33.6. The van der Waals surface area contributed by atoms with Crippen LogP contribution < -0.4 is 10.6 Å². The fourth-order valence-corrected chi connectivity index (χ4v) is 11.0. The molecule has 1 aromatic heterocycles. The largest absolute Gasteiger partial charge is 0.457 e. The van der Waals surface area contributed by atoms with Gasteiger partial charge in [-0.05, 0) is 62.4 Å². The first-order valence-corrected chi connectivity index (χ1v) is 25.2. The molecule has 2 atom stereocenters. The van der Waals surface area contributed by atoms with Crippen LogP contribution in [-0.2, 0) is 43.8 Å². The van der Waals surface area contributed by atoms with Crippen LogP contribution in [0.1, 0.15) is 81.2 Å². The van der Waals surface area contributed by atoms with Crippen LogP contribution in [-0.4, -0.2) is 72.8 Å². The van der Waals surface area contributed by atoms with Crippen molar-refractivity contribution < 1.29 is 38.3 Å². The highest BCUT2D eigenvalue weighted by Crippen LogP contribution is 2.45. The number of oxime groups is 1. The third-order valence-electron chi connectivity index (χ3n) is 11.2. The molecule has 3 heterocycles. The van der Waals surface area contributed by atoms with Crippen LogP contribution in [0.15, 0.2) is 173 Å². The fourth-order valence-electron chi connectivity index (χ4n) is 7.97. The Morgan fingerprint density at radius 1 is 0.757 bits per heavy atom. The molecule has 0 bridgehead atoms. The summed E-state index contributed by atoms with van der Waals surface area (Å²) in [5, 5.41) is 11.8. The van der Waals surface area contributed by atoms with E-state index < -0.39 is 58.0 Å². The lowest BCUT2D eigenvalue weighted by molar-refractivity contribution is -0.179. The van der Waals surface area contributed by atoms with Crippen LogP contribution in [0.5, 0.6) is 0 Å². The van der Waals surface area contributed by atoms with Gasteiger partial charge in [-0.25, -0.2) is 14.6 Å². The Morgan fingerprint density at radius 2 is 1.26 bits per heavy atom. The molecule has 1 fully saturated rings. The van der Waals surface area contributed by atoms with Crippen molar-refractivity contribution in [2.45, 2.75) is 75.8 Å². The van der Waals surface area contributed by atoms with Gasteiger partial charge in [-0.15, -0.1) is 23.1 Å². The molecule has 16 heteroatoms. The molecule has 1 unspecified atom stereocenters. The molecule has 8 rings (SSSR count). The van der Waals surface area contributed by atoms with E-state index in [1.54, 1.807) is 26.2 Å². The summed E-state index contributed by atoms with van der Waals surface area (Å²) in [5.74, 6) is -2.79. The van der Waals surface area contributed by atoms with Gasteiger partial charge < -0.3 is 24.9 Å². The van der Waals surface area contributed by atoms with E-state index in [4.69, 9.17) is 19.3 Å². The van der Waals surface area contributed by atoms with Crippen molar-refractivity contribution in [3.8, 4) is 0 Å². The second-order valence-corrected chi connectivity index (χ2v) is 21.1. The number of benzene rings is 5. The molecule has 0 spiro atoms. The number of amides is 2. The number of carbonyl (C=O) groups excluding carboxylic acids is 5. The van der Waals surface area contributed by atoms with Crippen LogP contribution in [0.2, 0.25) is 0 Å². The maximum Gasteiger partial charge on any atom is 0.356 e. The summed E-state index contributed by atoms with van der Waals surface area (Å²) in [6.45, 7) is 9.50. The molecule has 358 valence electrons. The Morgan fingerprint density at radius 3 is 1.74 bits per heavy atom. The average molecular weight is 994 g/mol. The van der Waals surface area contributed by atoms with Crippen molar-refractivity contribution in [3.63, 3.8) is 0 Å². The number of aromatic nitrogens is 1. The number of nitrogens with one attached hydrogen (secondary N) is 2. The van der Waals surface area contributed by atoms with E-state index in [-0.39, 0.29) is 28.0 Å². The second kappa shape index (κ2) is 20.9. The molecular formula is C54H51N5O8S3. The van der Waals surface area contributed by atoms with Crippen LogP contribution in [0.25, 0.3) is 0 Å². The Kier molecular flexibility index (Phi) is 14.8. The van der Waals surface area contributed by atoms with Gasteiger partial charge in [0.25, 0.3) is 11.8 Å². The van der Waals surface area contributed by atoms with Crippen molar-refractivity contribution in [3.05, 3.63) is 201 Å². The van der Waals surface area contributed by atoms with Crippen molar-refractivity contribution in [2.24, 2.45) is 5.16 Å². The first-order valence-electron chi connectivity index (χ1n) is 22.4. The first kappa shape index (κ1) is 49.4. The highest BCUT2D eigenvalue weighted by molar-refractivity contribution is 8.17. The molecule has 70 heavy (non-hydrogen) atoms. The number of esters is 2. The molecule has 0 saturated carbocycles. The minimum Gasteiger partial charge on any atom is -0.457 e. The van der Waals surface area contributed by atoms with Crippen molar-refractivity contribution in [1.29, 1.82) is 0 Å². The fraction of sp³-hybridized carbons (Fsp3) is 0.241. The lowest BCUT2D eigenvalue weighted by Gasteiger charge is -2.49. The van der Waals surface area contributed by atoms with Crippen LogP contribution >= 0.6 is 34.9 Å². The number of anilines is 1. The number of carbonyl (C=O) groups is 5. The molecule has 2 amide bonds. The topological polar surface area (TPSA) is 166 Å². The van der Waals surface area contributed by atoms with Crippen LogP contribution in [0, 0.1) is 0 Å². The molecule has 2 aliphatic heterocycles. The molecule has 1 saturated heterocycles. The van der Waals surface area contributed by atoms with E-state index in [1.807, 2.05) is 152 Å². The van der Waals surface area contributed by atoms with Crippen molar-refractivity contribution >= 4 is 74.6 Å². The quantitative estimate of drug-likeness (QED) is 0.0311. The zero-order valence-corrected chi connectivity index (χ0v) is 41.7.